The summed E-state index contributed by atoms with van der Waals surface area (Å²) in [5.74, 6) is 1.81. The van der Waals surface area contributed by atoms with E-state index in [2.05, 4.69) is 20.8 Å². The summed E-state index contributed by atoms with van der Waals surface area (Å²) in [5.41, 5.74) is 0.956. The first-order valence-electron chi connectivity index (χ1n) is 8.89. The fourth-order valence-electron chi connectivity index (χ4n) is 2.44. The van der Waals surface area contributed by atoms with Crippen LogP contribution in [0, 0.1) is 0 Å². The Morgan fingerprint density at radius 1 is 0.964 bits per heavy atom. The third kappa shape index (κ3) is 5.44. The van der Waals surface area contributed by atoms with Crippen LogP contribution in [0.4, 0.5) is 11.5 Å². The van der Waals surface area contributed by atoms with Crippen molar-refractivity contribution in [1.82, 2.24) is 10.2 Å². The number of aromatic nitrogens is 2. The van der Waals surface area contributed by atoms with Crippen molar-refractivity contribution in [3.05, 3.63) is 72.4 Å². The zero-order chi connectivity index (χ0) is 19.8. The Bertz CT molecular complexity index is 884. The van der Waals surface area contributed by atoms with Crippen molar-refractivity contribution in [3.63, 3.8) is 0 Å². The second kappa shape index (κ2) is 9.36. The Hall–Kier alpha value is -3.61. The molecule has 1 aromatic heterocycles. The van der Waals surface area contributed by atoms with E-state index in [9.17, 15) is 4.79 Å². The molecule has 1 amide bonds. The molecule has 28 heavy (non-hydrogen) atoms. The minimum absolute atomic E-state index is 0.0868. The lowest BCUT2D eigenvalue weighted by Crippen LogP contribution is -2.23. The normalized spacial score (nSPS) is 11.4. The molecule has 1 unspecified atom stereocenters. The molecule has 3 aromatic rings. The molecule has 0 spiro atoms. The van der Waals surface area contributed by atoms with Crippen molar-refractivity contribution in [2.75, 3.05) is 24.3 Å². The van der Waals surface area contributed by atoms with Crippen LogP contribution in [0.25, 0.3) is 0 Å². The minimum Gasteiger partial charge on any atom is -0.497 e. The lowest BCUT2D eigenvalue weighted by molar-refractivity contribution is 0.102. The van der Waals surface area contributed by atoms with Crippen molar-refractivity contribution < 1.29 is 14.3 Å². The fourth-order valence-corrected chi connectivity index (χ4v) is 2.44. The fraction of sp³-hybridized carbons (Fsp3) is 0.190. The highest BCUT2D eigenvalue weighted by Crippen LogP contribution is 2.18. The van der Waals surface area contributed by atoms with E-state index in [0.717, 1.165) is 11.5 Å². The average Bonchev–Trinajstić information content (AvgIpc) is 2.74. The van der Waals surface area contributed by atoms with E-state index in [4.69, 9.17) is 9.47 Å². The molecule has 0 aliphatic rings. The standard InChI is InChI=1S/C21H22N4O3/c1-15(28-18-10-8-17(27-2)9-11-18)14-22-20-13-12-19(24-25-20)21(26)23-16-6-4-3-5-7-16/h3-13,15H,14H2,1-2H3,(H,22,25)(H,23,26). The molecular weight excluding hydrogens is 356 g/mol. The van der Waals surface area contributed by atoms with E-state index in [-0.39, 0.29) is 17.7 Å². The van der Waals surface area contributed by atoms with Gasteiger partial charge in [0.1, 0.15) is 23.4 Å². The zero-order valence-electron chi connectivity index (χ0n) is 15.8. The molecule has 0 radical (unpaired) electrons. The number of para-hydroxylation sites is 1. The molecule has 1 atom stereocenters. The van der Waals surface area contributed by atoms with E-state index < -0.39 is 0 Å². The number of nitrogens with one attached hydrogen (secondary N) is 2. The summed E-state index contributed by atoms with van der Waals surface area (Å²) < 4.78 is 11.0. The van der Waals surface area contributed by atoms with Gasteiger partial charge in [-0.15, -0.1) is 10.2 Å². The van der Waals surface area contributed by atoms with E-state index in [1.165, 1.54) is 0 Å². The zero-order valence-corrected chi connectivity index (χ0v) is 15.8. The lowest BCUT2D eigenvalue weighted by atomic mass is 10.3. The number of carbonyl (C=O) groups excluding carboxylic acids is 1. The number of ether oxygens (including phenoxy) is 2. The van der Waals surface area contributed by atoms with Crippen LogP contribution in [0.1, 0.15) is 17.4 Å². The van der Waals surface area contributed by atoms with Crippen LogP contribution < -0.4 is 20.1 Å². The maximum absolute atomic E-state index is 12.2. The molecule has 0 fully saturated rings. The van der Waals surface area contributed by atoms with E-state index in [1.54, 1.807) is 19.2 Å². The Morgan fingerprint density at radius 2 is 1.68 bits per heavy atom. The largest absolute Gasteiger partial charge is 0.497 e. The van der Waals surface area contributed by atoms with Crippen molar-refractivity contribution >= 4 is 17.4 Å². The van der Waals surface area contributed by atoms with Crippen molar-refractivity contribution in [2.24, 2.45) is 0 Å². The first kappa shape index (κ1) is 19.2. The first-order valence-corrected chi connectivity index (χ1v) is 8.89. The molecule has 0 aliphatic carbocycles. The van der Waals surface area contributed by atoms with Gasteiger partial charge >= 0.3 is 0 Å². The van der Waals surface area contributed by atoms with Gasteiger partial charge in [-0.05, 0) is 55.5 Å². The van der Waals surface area contributed by atoms with Crippen LogP contribution >= 0.6 is 0 Å². The van der Waals surface area contributed by atoms with Crippen LogP contribution in [0.2, 0.25) is 0 Å². The molecule has 7 heteroatoms. The van der Waals surface area contributed by atoms with E-state index in [1.807, 2.05) is 61.5 Å². The third-order valence-corrected chi connectivity index (χ3v) is 3.90. The molecule has 2 aromatic carbocycles. The van der Waals surface area contributed by atoms with Gasteiger partial charge in [0.15, 0.2) is 5.69 Å². The van der Waals surface area contributed by atoms with Crippen molar-refractivity contribution in [3.8, 4) is 11.5 Å². The molecule has 144 valence electrons. The maximum Gasteiger partial charge on any atom is 0.276 e. The summed E-state index contributed by atoms with van der Waals surface area (Å²) in [5, 5.41) is 13.9. The number of anilines is 2. The van der Waals surface area contributed by atoms with Crippen LogP contribution in [0.15, 0.2) is 66.7 Å². The second-order valence-corrected chi connectivity index (χ2v) is 6.11. The molecule has 0 saturated carbocycles. The Kier molecular flexibility index (Phi) is 6.41. The summed E-state index contributed by atoms with van der Waals surface area (Å²) in [6.07, 6.45) is -0.0868. The first-order chi connectivity index (χ1) is 13.6. The average molecular weight is 378 g/mol. The molecular formula is C21H22N4O3. The topological polar surface area (TPSA) is 85.4 Å². The summed E-state index contributed by atoms with van der Waals surface area (Å²) >= 11 is 0. The highest BCUT2D eigenvalue weighted by atomic mass is 16.5. The smallest absolute Gasteiger partial charge is 0.276 e. The SMILES string of the molecule is COc1ccc(OC(C)CNc2ccc(C(=O)Nc3ccccc3)nn2)cc1. The van der Waals surface area contributed by atoms with Gasteiger partial charge in [-0.2, -0.15) is 0 Å². The molecule has 0 bridgehead atoms. The molecule has 1 heterocycles. The molecule has 3 rings (SSSR count). The number of benzene rings is 2. The van der Waals surface area contributed by atoms with Crippen molar-refractivity contribution in [2.45, 2.75) is 13.0 Å². The number of hydrogen-bond acceptors (Lipinski definition) is 6. The number of carbonyl (C=O) groups is 1. The van der Waals surface area contributed by atoms with Gasteiger partial charge in [-0.25, -0.2) is 0 Å². The predicted octanol–water partition coefficient (Wildman–Crippen LogP) is 3.62. The Balaban J connectivity index is 1.48. The van der Waals surface area contributed by atoms with Gasteiger partial charge in [-0.1, -0.05) is 18.2 Å². The predicted molar refractivity (Wildman–Crippen MR) is 108 cm³/mol. The van der Waals surface area contributed by atoms with Gasteiger partial charge in [0, 0.05) is 5.69 Å². The number of amides is 1. The summed E-state index contributed by atoms with van der Waals surface area (Å²) in [6.45, 7) is 2.49. The van der Waals surface area contributed by atoms with Crippen LogP contribution in [0.3, 0.4) is 0 Å². The number of nitrogens with zero attached hydrogens (tertiary/aromatic N) is 2. The number of rotatable bonds is 8. The quantitative estimate of drug-likeness (QED) is 0.623. The third-order valence-electron chi connectivity index (χ3n) is 3.90. The van der Waals surface area contributed by atoms with Crippen LogP contribution in [0.5, 0.6) is 11.5 Å². The highest BCUT2D eigenvalue weighted by molar-refractivity contribution is 6.02. The van der Waals surface area contributed by atoms with Gasteiger partial charge in [0.2, 0.25) is 0 Å². The number of hydrogen-bond donors (Lipinski definition) is 2. The summed E-state index contributed by atoms with van der Waals surface area (Å²) in [7, 11) is 1.63. The van der Waals surface area contributed by atoms with Crippen LogP contribution in [-0.4, -0.2) is 35.9 Å². The Morgan fingerprint density at radius 3 is 2.32 bits per heavy atom. The molecule has 7 nitrogen and oxygen atoms in total. The highest BCUT2D eigenvalue weighted by Gasteiger charge is 2.09. The monoisotopic (exact) mass is 378 g/mol. The van der Waals surface area contributed by atoms with Crippen molar-refractivity contribution in [1.29, 1.82) is 0 Å². The second-order valence-electron chi connectivity index (χ2n) is 6.11. The van der Waals surface area contributed by atoms with Crippen LogP contribution in [-0.2, 0) is 0 Å². The summed E-state index contributed by atoms with van der Waals surface area (Å²) in [4.78, 5) is 12.2. The number of methoxy groups -OCH3 is 1. The van der Waals surface area contributed by atoms with Gasteiger partial charge in [-0.3, -0.25) is 4.79 Å². The van der Waals surface area contributed by atoms with Gasteiger partial charge in [0.25, 0.3) is 5.91 Å². The van der Waals surface area contributed by atoms with E-state index in [0.29, 0.717) is 18.1 Å². The summed E-state index contributed by atoms with van der Waals surface area (Å²) in [6, 6.07) is 20.0. The van der Waals surface area contributed by atoms with Gasteiger partial charge < -0.3 is 20.1 Å². The minimum atomic E-state index is -0.304. The Labute approximate surface area is 163 Å². The van der Waals surface area contributed by atoms with E-state index >= 15 is 0 Å². The van der Waals surface area contributed by atoms with Gasteiger partial charge in [0.05, 0.1) is 13.7 Å². The molecule has 2 N–H and O–H groups in total. The molecule has 0 aliphatic heterocycles. The maximum atomic E-state index is 12.2. The lowest BCUT2D eigenvalue weighted by Gasteiger charge is -2.16. The molecule has 0 saturated heterocycles.